The maximum absolute atomic E-state index is 12.6. The zero-order valence-electron chi connectivity index (χ0n) is 15.3. The van der Waals surface area contributed by atoms with E-state index in [2.05, 4.69) is 29.5 Å². The summed E-state index contributed by atoms with van der Waals surface area (Å²) in [6.45, 7) is 6.27. The molecule has 0 spiro atoms. The Hall–Kier alpha value is -2.23. The number of hydrogen-bond acceptors (Lipinski definition) is 2. The van der Waals surface area contributed by atoms with Crippen molar-refractivity contribution < 1.29 is 8.78 Å². The van der Waals surface area contributed by atoms with Crippen LogP contribution in [0.4, 0.5) is 20.2 Å². The van der Waals surface area contributed by atoms with E-state index in [-0.39, 0.29) is 6.42 Å². The number of benzene rings is 1. The van der Waals surface area contributed by atoms with E-state index in [1.165, 1.54) is 11.1 Å². The summed E-state index contributed by atoms with van der Waals surface area (Å²) >= 11 is 0. The van der Waals surface area contributed by atoms with Gasteiger partial charge in [0.05, 0.1) is 11.9 Å². The number of aromatic nitrogens is 1. The SMILES string of the molecule is C=C1CCC(N(c2ccc(CC(F)F)cc2)c2cnccc2CC)CC1. The van der Waals surface area contributed by atoms with E-state index in [0.717, 1.165) is 43.5 Å². The smallest absolute Gasteiger partial charge is 0.242 e. The second-order valence-electron chi connectivity index (χ2n) is 6.97. The Labute approximate surface area is 154 Å². The Kier molecular flexibility index (Phi) is 6.02. The average molecular weight is 356 g/mol. The molecule has 1 fully saturated rings. The van der Waals surface area contributed by atoms with Gasteiger partial charge in [-0.2, -0.15) is 0 Å². The summed E-state index contributed by atoms with van der Waals surface area (Å²) in [6.07, 6.45) is 6.34. The molecule has 4 heteroatoms. The third kappa shape index (κ3) is 4.29. The van der Waals surface area contributed by atoms with Gasteiger partial charge in [-0.1, -0.05) is 31.2 Å². The molecule has 3 rings (SSSR count). The fourth-order valence-corrected chi connectivity index (χ4v) is 3.72. The van der Waals surface area contributed by atoms with Crippen molar-refractivity contribution in [1.82, 2.24) is 4.98 Å². The van der Waals surface area contributed by atoms with Crippen molar-refractivity contribution in [1.29, 1.82) is 0 Å². The minimum Gasteiger partial charge on any atom is -0.337 e. The van der Waals surface area contributed by atoms with E-state index in [4.69, 9.17) is 0 Å². The predicted octanol–water partition coefficient (Wildman–Crippen LogP) is 6.09. The van der Waals surface area contributed by atoms with E-state index >= 15 is 0 Å². The Morgan fingerprint density at radius 2 is 1.85 bits per heavy atom. The van der Waals surface area contributed by atoms with Gasteiger partial charge in [0.2, 0.25) is 6.43 Å². The molecule has 138 valence electrons. The van der Waals surface area contributed by atoms with Gasteiger partial charge >= 0.3 is 0 Å². The monoisotopic (exact) mass is 356 g/mol. The highest BCUT2D eigenvalue weighted by atomic mass is 19.3. The van der Waals surface area contributed by atoms with Gasteiger partial charge in [-0.05, 0) is 61.4 Å². The van der Waals surface area contributed by atoms with Gasteiger partial charge < -0.3 is 4.90 Å². The number of alkyl halides is 2. The molecule has 0 saturated heterocycles. The van der Waals surface area contributed by atoms with E-state index < -0.39 is 6.43 Å². The van der Waals surface area contributed by atoms with Crippen LogP contribution in [0.2, 0.25) is 0 Å². The molecule has 0 unspecified atom stereocenters. The fraction of sp³-hybridized carbons (Fsp3) is 0.409. The highest BCUT2D eigenvalue weighted by Gasteiger charge is 2.25. The molecule has 1 heterocycles. The van der Waals surface area contributed by atoms with Gasteiger partial charge in [-0.25, -0.2) is 8.78 Å². The summed E-state index contributed by atoms with van der Waals surface area (Å²) in [5.41, 5.74) is 5.40. The third-order valence-electron chi connectivity index (χ3n) is 5.16. The summed E-state index contributed by atoms with van der Waals surface area (Å²) < 4.78 is 25.3. The number of pyridine rings is 1. The van der Waals surface area contributed by atoms with Gasteiger partial charge in [0.1, 0.15) is 0 Å². The lowest BCUT2D eigenvalue weighted by atomic mass is 9.90. The number of allylic oxidation sites excluding steroid dienone is 1. The summed E-state index contributed by atoms with van der Waals surface area (Å²) in [5, 5.41) is 0. The number of aryl methyl sites for hydroxylation is 1. The largest absolute Gasteiger partial charge is 0.337 e. The third-order valence-corrected chi connectivity index (χ3v) is 5.16. The normalized spacial score (nSPS) is 15.5. The Morgan fingerprint density at radius 1 is 1.15 bits per heavy atom. The van der Waals surface area contributed by atoms with Crippen LogP contribution in [0, 0.1) is 0 Å². The quantitative estimate of drug-likeness (QED) is 0.582. The first-order valence-corrected chi connectivity index (χ1v) is 9.34. The molecule has 0 atom stereocenters. The molecule has 0 aliphatic heterocycles. The molecule has 2 nitrogen and oxygen atoms in total. The molecule has 0 bridgehead atoms. The maximum Gasteiger partial charge on any atom is 0.242 e. The van der Waals surface area contributed by atoms with Gasteiger partial charge in [-0.3, -0.25) is 4.98 Å². The van der Waals surface area contributed by atoms with E-state index in [1.807, 2.05) is 36.7 Å². The molecular formula is C22H26F2N2. The van der Waals surface area contributed by atoms with Crippen LogP contribution < -0.4 is 4.90 Å². The Bertz CT molecular complexity index is 730. The fourth-order valence-electron chi connectivity index (χ4n) is 3.72. The van der Waals surface area contributed by atoms with Crippen LogP contribution in [0.25, 0.3) is 0 Å². The van der Waals surface area contributed by atoms with Gasteiger partial charge in [0, 0.05) is 24.3 Å². The van der Waals surface area contributed by atoms with Crippen LogP contribution in [0.15, 0.2) is 54.9 Å². The molecule has 26 heavy (non-hydrogen) atoms. The summed E-state index contributed by atoms with van der Waals surface area (Å²) in [5.74, 6) is 0. The highest BCUT2D eigenvalue weighted by Crippen LogP contribution is 2.37. The van der Waals surface area contributed by atoms with Crippen LogP contribution >= 0.6 is 0 Å². The van der Waals surface area contributed by atoms with Crippen molar-refractivity contribution in [2.45, 2.75) is 57.9 Å². The number of anilines is 2. The first kappa shape index (κ1) is 18.6. The molecule has 0 radical (unpaired) electrons. The van der Waals surface area contributed by atoms with Crippen molar-refractivity contribution in [3.63, 3.8) is 0 Å². The van der Waals surface area contributed by atoms with Crippen LogP contribution in [0.3, 0.4) is 0 Å². The van der Waals surface area contributed by atoms with Crippen LogP contribution in [-0.4, -0.2) is 17.5 Å². The van der Waals surface area contributed by atoms with E-state index in [0.29, 0.717) is 11.6 Å². The molecule has 1 aromatic heterocycles. The van der Waals surface area contributed by atoms with Crippen LogP contribution in [0.1, 0.15) is 43.7 Å². The minimum absolute atomic E-state index is 0.198. The molecule has 1 aromatic carbocycles. The summed E-state index contributed by atoms with van der Waals surface area (Å²) in [6, 6.07) is 10.0. The van der Waals surface area contributed by atoms with Crippen LogP contribution in [0.5, 0.6) is 0 Å². The van der Waals surface area contributed by atoms with E-state index in [9.17, 15) is 8.78 Å². The summed E-state index contributed by atoms with van der Waals surface area (Å²) in [4.78, 5) is 6.70. The van der Waals surface area contributed by atoms with Crippen molar-refractivity contribution in [2.24, 2.45) is 0 Å². The molecule has 1 aliphatic carbocycles. The van der Waals surface area contributed by atoms with Crippen molar-refractivity contribution in [3.8, 4) is 0 Å². The molecule has 1 aliphatic rings. The second-order valence-corrected chi connectivity index (χ2v) is 6.97. The van der Waals surface area contributed by atoms with Crippen molar-refractivity contribution in [2.75, 3.05) is 4.90 Å². The highest BCUT2D eigenvalue weighted by molar-refractivity contribution is 5.67. The molecular weight excluding hydrogens is 330 g/mol. The predicted molar refractivity (Wildman–Crippen MR) is 103 cm³/mol. The Morgan fingerprint density at radius 3 is 2.46 bits per heavy atom. The van der Waals surface area contributed by atoms with Gasteiger partial charge in [0.15, 0.2) is 0 Å². The standard InChI is InChI=1S/C22H26F2N2/c1-3-18-12-13-25-15-21(18)26(19-8-4-16(2)5-9-19)20-10-6-17(7-11-20)14-22(23)24/h6-7,10-13,15,19,22H,2-5,8-9,14H2,1H3. The molecule has 2 aromatic rings. The number of rotatable bonds is 6. The molecule has 0 amide bonds. The number of hydrogen-bond donors (Lipinski definition) is 0. The van der Waals surface area contributed by atoms with Crippen molar-refractivity contribution >= 4 is 11.4 Å². The van der Waals surface area contributed by atoms with E-state index in [1.54, 1.807) is 0 Å². The van der Waals surface area contributed by atoms with Gasteiger partial charge in [-0.15, -0.1) is 0 Å². The lowest BCUT2D eigenvalue weighted by Crippen LogP contribution is -2.34. The zero-order valence-corrected chi connectivity index (χ0v) is 15.3. The zero-order chi connectivity index (χ0) is 18.5. The van der Waals surface area contributed by atoms with Crippen molar-refractivity contribution in [3.05, 3.63) is 66.0 Å². The molecule has 0 N–H and O–H groups in total. The first-order valence-electron chi connectivity index (χ1n) is 9.34. The Balaban J connectivity index is 1.96. The van der Waals surface area contributed by atoms with Gasteiger partial charge in [0.25, 0.3) is 0 Å². The topological polar surface area (TPSA) is 16.1 Å². The molecule has 1 saturated carbocycles. The number of nitrogens with zero attached hydrogens (tertiary/aromatic N) is 2. The minimum atomic E-state index is -2.31. The van der Waals surface area contributed by atoms with Crippen LogP contribution in [-0.2, 0) is 12.8 Å². The maximum atomic E-state index is 12.6. The lowest BCUT2D eigenvalue weighted by Gasteiger charge is -2.37. The number of halogens is 2. The second kappa shape index (κ2) is 8.43. The first-order chi connectivity index (χ1) is 12.6. The summed E-state index contributed by atoms with van der Waals surface area (Å²) in [7, 11) is 0. The lowest BCUT2D eigenvalue weighted by molar-refractivity contribution is 0.149. The average Bonchev–Trinajstić information content (AvgIpc) is 2.65.